The van der Waals surface area contributed by atoms with Gasteiger partial charge >= 0.3 is 11.6 Å². The van der Waals surface area contributed by atoms with E-state index in [1.807, 2.05) is 6.92 Å². The van der Waals surface area contributed by atoms with Crippen molar-refractivity contribution in [1.82, 2.24) is 0 Å². The predicted octanol–water partition coefficient (Wildman–Crippen LogP) is 2.25. The van der Waals surface area contributed by atoms with Crippen LogP contribution in [0.25, 0.3) is 11.0 Å². The third-order valence-corrected chi connectivity index (χ3v) is 2.52. The van der Waals surface area contributed by atoms with Crippen molar-refractivity contribution in [2.24, 2.45) is 0 Å². The van der Waals surface area contributed by atoms with Crippen molar-refractivity contribution in [1.29, 1.82) is 0 Å². The summed E-state index contributed by atoms with van der Waals surface area (Å²) in [7, 11) is 0. The van der Waals surface area contributed by atoms with Crippen LogP contribution in [0.5, 0.6) is 5.75 Å². The van der Waals surface area contributed by atoms with Gasteiger partial charge in [-0.15, -0.1) is 0 Å². The predicted molar refractivity (Wildman–Crippen MR) is 69.1 cm³/mol. The van der Waals surface area contributed by atoms with Gasteiger partial charge in [0.15, 0.2) is 0 Å². The minimum atomic E-state index is -0.456. The van der Waals surface area contributed by atoms with Gasteiger partial charge in [-0.2, -0.15) is 0 Å². The molecule has 5 nitrogen and oxygen atoms in total. The van der Waals surface area contributed by atoms with Crippen LogP contribution in [0.1, 0.15) is 19.4 Å². The Hall–Kier alpha value is -2.14. The van der Waals surface area contributed by atoms with E-state index in [1.165, 1.54) is 19.1 Å². The second kappa shape index (κ2) is 5.67. The second-order valence-corrected chi connectivity index (χ2v) is 3.98. The second-order valence-electron chi connectivity index (χ2n) is 3.98. The number of esters is 1. The minimum Gasteiger partial charge on any atom is -0.427 e. The smallest absolute Gasteiger partial charge is 0.336 e. The van der Waals surface area contributed by atoms with Crippen LogP contribution in [-0.4, -0.2) is 12.6 Å². The van der Waals surface area contributed by atoms with Crippen LogP contribution >= 0.6 is 0 Å². The highest BCUT2D eigenvalue weighted by Gasteiger charge is 2.08. The highest BCUT2D eigenvalue weighted by molar-refractivity contribution is 5.82. The summed E-state index contributed by atoms with van der Waals surface area (Å²) in [5.41, 5.74) is 0.672. The van der Waals surface area contributed by atoms with E-state index in [4.69, 9.17) is 13.9 Å². The quantitative estimate of drug-likeness (QED) is 0.480. The SMILES string of the molecule is CCOCc1cc(=O)oc2cc(OC(C)=O)ccc12. The molecule has 0 radical (unpaired) electrons. The van der Waals surface area contributed by atoms with Crippen LogP contribution in [0.15, 0.2) is 33.5 Å². The van der Waals surface area contributed by atoms with Crippen LogP contribution in [0, 0.1) is 0 Å². The van der Waals surface area contributed by atoms with E-state index >= 15 is 0 Å². The average molecular weight is 262 g/mol. The maximum atomic E-state index is 11.5. The highest BCUT2D eigenvalue weighted by Crippen LogP contribution is 2.23. The molecule has 0 bridgehead atoms. The van der Waals surface area contributed by atoms with Gasteiger partial charge in [-0.25, -0.2) is 4.79 Å². The summed E-state index contributed by atoms with van der Waals surface area (Å²) in [6.07, 6.45) is 0. The Bertz CT molecular complexity index is 656. The molecule has 0 saturated carbocycles. The van der Waals surface area contributed by atoms with Crippen molar-refractivity contribution in [2.45, 2.75) is 20.5 Å². The maximum Gasteiger partial charge on any atom is 0.336 e. The molecule has 0 amide bonds. The Morgan fingerprint density at radius 3 is 2.79 bits per heavy atom. The summed E-state index contributed by atoms with van der Waals surface area (Å²) < 4.78 is 15.4. The third-order valence-electron chi connectivity index (χ3n) is 2.52. The molecule has 0 aliphatic heterocycles. The highest BCUT2D eigenvalue weighted by atomic mass is 16.5. The summed E-state index contributed by atoms with van der Waals surface area (Å²) in [5.74, 6) is -0.0797. The summed E-state index contributed by atoms with van der Waals surface area (Å²) in [6, 6.07) is 6.32. The summed E-state index contributed by atoms with van der Waals surface area (Å²) in [6.45, 7) is 4.09. The zero-order valence-corrected chi connectivity index (χ0v) is 10.8. The minimum absolute atomic E-state index is 0.339. The monoisotopic (exact) mass is 262 g/mol. The number of fused-ring (bicyclic) bond motifs is 1. The van der Waals surface area contributed by atoms with Crippen molar-refractivity contribution in [3.8, 4) is 5.75 Å². The summed E-state index contributed by atoms with van der Waals surface area (Å²) in [5, 5.41) is 0.768. The molecular formula is C14H14O5. The van der Waals surface area contributed by atoms with E-state index in [0.717, 1.165) is 10.9 Å². The van der Waals surface area contributed by atoms with Gasteiger partial charge < -0.3 is 13.9 Å². The Balaban J connectivity index is 2.48. The molecule has 19 heavy (non-hydrogen) atoms. The molecule has 0 saturated heterocycles. The Labute approximate surface area is 109 Å². The van der Waals surface area contributed by atoms with Crippen LogP contribution in [0.4, 0.5) is 0 Å². The molecule has 0 spiro atoms. The number of carbonyl (C=O) groups excluding carboxylic acids is 1. The Morgan fingerprint density at radius 1 is 1.32 bits per heavy atom. The average Bonchev–Trinajstić information content (AvgIpc) is 2.34. The van der Waals surface area contributed by atoms with Crippen molar-refractivity contribution in [3.63, 3.8) is 0 Å². The van der Waals surface area contributed by atoms with Gasteiger partial charge in [0.1, 0.15) is 11.3 Å². The Kier molecular flexibility index (Phi) is 3.97. The topological polar surface area (TPSA) is 65.7 Å². The summed E-state index contributed by atoms with van der Waals surface area (Å²) >= 11 is 0. The molecule has 0 unspecified atom stereocenters. The van der Waals surface area contributed by atoms with Gasteiger partial charge in [-0.05, 0) is 24.6 Å². The van der Waals surface area contributed by atoms with E-state index < -0.39 is 11.6 Å². The van der Waals surface area contributed by atoms with Gasteiger partial charge in [0.2, 0.25) is 0 Å². The number of carbonyl (C=O) groups is 1. The molecule has 1 heterocycles. The van der Waals surface area contributed by atoms with Gasteiger partial charge in [-0.1, -0.05) is 0 Å². The molecule has 0 aliphatic carbocycles. The van der Waals surface area contributed by atoms with Gasteiger partial charge in [-0.3, -0.25) is 4.79 Å². The third kappa shape index (κ3) is 3.20. The van der Waals surface area contributed by atoms with Gasteiger partial charge in [0.05, 0.1) is 6.61 Å². The van der Waals surface area contributed by atoms with Crippen molar-refractivity contribution in [2.75, 3.05) is 6.61 Å². The molecule has 0 N–H and O–H groups in total. The largest absolute Gasteiger partial charge is 0.427 e. The lowest BCUT2D eigenvalue weighted by Gasteiger charge is -2.07. The van der Waals surface area contributed by atoms with Crippen LogP contribution in [0.2, 0.25) is 0 Å². The lowest BCUT2D eigenvalue weighted by Crippen LogP contribution is -2.04. The van der Waals surface area contributed by atoms with Crippen LogP contribution in [0.3, 0.4) is 0 Å². The first-order valence-electron chi connectivity index (χ1n) is 5.93. The molecule has 2 aromatic rings. The number of hydrogen-bond acceptors (Lipinski definition) is 5. The number of benzene rings is 1. The fourth-order valence-corrected chi connectivity index (χ4v) is 1.77. The standard InChI is InChI=1S/C14H14O5/c1-3-17-8-10-6-14(16)19-13-7-11(18-9(2)15)4-5-12(10)13/h4-7H,3,8H2,1-2H3. The Morgan fingerprint density at radius 2 is 2.11 bits per heavy atom. The van der Waals surface area contributed by atoms with Crippen LogP contribution < -0.4 is 10.4 Å². The van der Waals surface area contributed by atoms with E-state index in [9.17, 15) is 9.59 Å². The number of hydrogen-bond donors (Lipinski definition) is 0. The van der Waals surface area contributed by atoms with Crippen LogP contribution in [-0.2, 0) is 16.1 Å². The van der Waals surface area contributed by atoms with Gasteiger partial charge in [0.25, 0.3) is 0 Å². The van der Waals surface area contributed by atoms with E-state index in [2.05, 4.69) is 0 Å². The van der Waals surface area contributed by atoms with Crippen molar-refractivity contribution >= 4 is 16.9 Å². The van der Waals surface area contributed by atoms with Crippen molar-refractivity contribution < 1.29 is 18.7 Å². The fraction of sp³-hybridized carbons (Fsp3) is 0.286. The molecule has 5 heteroatoms. The van der Waals surface area contributed by atoms with E-state index in [-0.39, 0.29) is 0 Å². The molecule has 2 rings (SSSR count). The van der Waals surface area contributed by atoms with E-state index in [1.54, 1.807) is 12.1 Å². The molecule has 1 aromatic carbocycles. The number of ether oxygens (including phenoxy) is 2. The first-order chi connectivity index (χ1) is 9.10. The van der Waals surface area contributed by atoms with Gasteiger partial charge in [0, 0.05) is 31.0 Å². The summed E-state index contributed by atoms with van der Waals surface area (Å²) in [4.78, 5) is 22.4. The normalized spacial score (nSPS) is 10.6. The first-order valence-corrected chi connectivity index (χ1v) is 5.93. The molecule has 0 aliphatic rings. The number of rotatable bonds is 4. The molecular weight excluding hydrogens is 248 g/mol. The lowest BCUT2D eigenvalue weighted by molar-refractivity contribution is -0.131. The molecule has 100 valence electrons. The van der Waals surface area contributed by atoms with Crippen molar-refractivity contribution in [3.05, 3.63) is 40.2 Å². The van der Waals surface area contributed by atoms with E-state index in [0.29, 0.717) is 24.5 Å². The zero-order chi connectivity index (χ0) is 13.8. The first kappa shape index (κ1) is 13.3. The lowest BCUT2D eigenvalue weighted by atomic mass is 10.1. The molecule has 1 aromatic heterocycles. The fourth-order valence-electron chi connectivity index (χ4n) is 1.77. The maximum absolute atomic E-state index is 11.5. The molecule has 0 atom stereocenters. The molecule has 0 fully saturated rings. The zero-order valence-electron chi connectivity index (χ0n) is 10.8.